The van der Waals surface area contributed by atoms with Gasteiger partial charge in [-0.1, -0.05) is 6.92 Å². The predicted molar refractivity (Wildman–Crippen MR) is 122 cm³/mol. The molecule has 2 aromatic rings. The molecule has 0 bridgehead atoms. The van der Waals surface area contributed by atoms with E-state index in [1.807, 2.05) is 13.8 Å². The maximum Gasteiger partial charge on any atom is 0.257 e. The van der Waals surface area contributed by atoms with Crippen LogP contribution in [0.15, 0.2) is 22.7 Å². The molecule has 0 aliphatic carbocycles. The van der Waals surface area contributed by atoms with Crippen LogP contribution in [0.25, 0.3) is 0 Å². The standard InChI is InChI=1S/C19H22BrN3O4S2/c1-4-12-10(2)29-18(15(12)16(21)24)23-19(28)22-17(25)11-5-6-14(13(20)9-11)27-8-7-26-3/h5-6,9H,4,7-8H2,1-3H3,(H2,21,24)(H2,22,23,25,28). The summed E-state index contributed by atoms with van der Waals surface area (Å²) in [4.78, 5) is 25.3. The van der Waals surface area contributed by atoms with E-state index in [1.54, 1.807) is 25.3 Å². The lowest BCUT2D eigenvalue weighted by Crippen LogP contribution is -2.34. The molecule has 7 nitrogen and oxygen atoms in total. The second-order valence-corrected chi connectivity index (χ2v) is 8.44. The van der Waals surface area contributed by atoms with Crippen LogP contribution >= 0.6 is 39.5 Å². The van der Waals surface area contributed by atoms with Crippen LogP contribution in [-0.2, 0) is 11.2 Å². The molecule has 0 saturated carbocycles. The van der Waals surface area contributed by atoms with E-state index >= 15 is 0 Å². The third kappa shape index (κ3) is 5.99. The normalized spacial score (nSPS) is 10.5. The number of thiocarbonyl (C=S) groups is 1. The average Bonchev–Trinajstić information content (AvgIpc) is 2.97. The van der Waals surface area contributed by atoms with Gasteiger partial charge in [0.05, 0.1) is 16.6 Å². The van der Waals surface area contributed by atoms with E-state index in [0.717, 1.165) is 10.4 Å². The number of nitrogens with one attached hydrogen (secondary N) is 2. The lowest BCUT2D eigenvalue weighted by Gasteiger charge is -2.11. The molecule has 1 aromatic carbocycles. The smallest absolute Gasteiger partial charge is 0.257 e. The van der Waals surface area contributed by atoms with Gasteiger partial charge in [0.25, 0.3) is 11.8 Å². The van der Waals surface area contributed by atoms with Crippen LogP contribution in [0.4, 0.5) is 5.00 Å². The van der Waals surface area contributed by atoms with E-state index in [4.69, 9.17) is 27.4 Å². The Morgan fingerprint density at radius 1 is 1.31 bits per heavy atom. The van der Waals surface area contributed by atoms with E-state index in [-0.39, 0.29) is 5.11 Å². The van der Waals surface area contributed by atoms with Crippen molar-refractivity contribution in [3.8, 4) is 5.75 Å². The van der Waals surface area contributed by atoms with Crippen molar-refractivity contribution in [3.05, 3.63) is 44.2 Å². The summed E-state index contributed by atoms with van der Waals surface area (Å²) in [5.74, 6) is -0.321. The summed E-state index contributed by atoms with van der Waals surface area (Å²) in [6.45, 7) is 4.73. The first-order valence-corrected chi connectivity index (χ1v) is 10.8. The first kappa shape index (κ1) is 23.3. The highest BCUT2D eigenvalue weighted by Crippen LogP contribution is 2.33. The van der Waals surface area contributed by atoms with Crippen molar-refractivity contribution >= 4 is 61.4 Å². The summed E-state index contributed by atoms with van der Waals surface area (Å²) in [7, 11) is 1.59. The minimum absolute atomic E-state index is 0.0814. The van der Waals surface area contributed by atoms with E-state index in [2.05, 4.69) is 26.6 Å². The number of ether oxygens (including phenoxy) is 2. The number of hydrogen-bond acceptors (Lipinski definition) is 6. The third-order valence-electron chi connectivity index (χ3n) is 4.00. The van der Waals surface area contributed by atoms with Crippen LogP contribution in [0, 0.1) is 6.92 Å². The van der Waals surface area contributed by atoms with Crippen LogP contribution in [0.3, 0.4) is 0 Å². The van der Waals surface area contributed by atoms with Gasteiger partial charge in [-0.25, -0.2) is 0 Å². The Hall–Kier alpha value is -2.01. The molecule has 2 amide bonds. The van der Waals surface area contributed by atoms with Crippen molar-refractivity contribution in [2.45, 2.75) is 20.3 Å². The topological polar surface area (TPSA) is 103 Å². The average molecular weight is 500 g/mol. The number of thiophene rings is 1. The van der Waals surface area contributed by atoms with E-state index < -0.39 is 11.8 Å². The number of benzene rings is 1. The van der Waals surface area contributed by atoms with Crippen LogP contribution in [0.5, 0.6) is 5.75 Å². The van der Waals surface area contributed by atoms with Crippen LogP contribution in [0.1, 0.15) is 38.1 Å². The summed E-state index contributed by atoms with van der Waals surface area (Å²) in [6, 6.07) is 4.95. The molecule has 0 fully saturated rings. The summed E-state index contributed by atoms with van der Waals surface area (Å²) in [5, 5.41) is 6.14. The van der Waals surface area contributed by atoms with Gasteiger partial charge >= 0.3 is 0 Å². The molecule has 0 unspecified atom stereocenters. The zero-order chi connectivity index (χ0) is 21.6. The van der Waals surface area contributed by atoms with E-state index in [0.29, 0.717) is 46.0 Å². The van der Waals surface area contributed by atoms with Gasteiger partial charge in [-0.2, -0.15) is 0 Å². The van der Waals surface area contributed by atoms with Gasteiger partial charge in [0.15, 0.2) is 5.11 Å². The van der Waals surface area contributed by atoms with Gasteiger partial charge in [0.1, 0.15) is 17.4 Å². The van der Waals surface area contributed by atoms with Crippen LogP contribution in [-0.4, -0.2) is 37.3 Å². The van der Waals surface area contributed by atoms with Gasteiger partial charge in [-0.3, -0.25) is 14.9 Å². The molecule has 0 aliphatic heterocycles. The lowest BCUT2D eigenvalue weighted by atomic mass is 10.1. The highest BCUT2D eigenvalue weighted by molar-refractivity contribution is 9.10. The Morgan fingerprint density at radius 2 is 2.03 bits per heavy atom. The minimum Gasteiger partial charge on any atom is -0.490 e. The fourth-order valence-electron chi connectivity index (χ4n) is 2.66. The fourth-order valence-corrected chi connectivity index (χ4v) is 4.56. The predicted octanol–water partition coefficient (Wildman–Crippen LogP) is 3.63. The number of anilines is 1. The van der Waals surface area contributed by atoms with Gasteiger partial charge in [-0.15, -0.1) is 11.3 Å². The first-order valence-electron chi connectivity index (χ1n) is 8.74. The molecule has 0 aliphatic rings. The summed E-state index contributed by atoms with van der Waals surface area (Å²) in [6.07, 6.45) is 0.675. The number of halogens is 1. The van der Waals surface area contributed by atoms with Crippen molar-refractivity contribution in [2.75, 3.05) is 25.6 Å². The number of amides is 2. The largest absolute Gasteiger partial charge is 0.490 e. The van der Waals surface area contributed by atoms with Crippen molar-refractivity contribution in [3.63, 3.8) is 0 Å². The van der Waals surface area contributed by atoms with Crippen LogP contribution < -0.4 is 21.1 Å². The Bertz CT molecular complexity index is 930. The van der Waals surface area contributed by atoms with Crippen molar-refractivity contribution in [1.82, 2.24) is 5.32 Å². The fraction of sp³-hybridized carbons (Fsp3) is 0.316. The summed E-state index contributed by atoms with van der Waals surface area (Å²) < 4.78 is 11.1. The van der Waals surface area contributed by atoms with E-state index in [1.165, 1.54) is 11.3 Å². The van der Waals surface area contributed by atoms with Gasteiger partial charge in [-0.05, 0) is 65.3 Å². The minimum atomic E-state index is -0.532. The van der Waals surface area contributed by atoms with Gasteiger partial charge in [0.2, 0.25) is 0 Å². The highest BCUT2D eigenvalue weighted by atomic mass is 79.9. The Labute approximate surface area is 187 Å². The molecule has 0 atom stereocenters. The molecular weight excluding hydrogens is 478 g/mol. The molecule has 156 valence electrons. The number of hydrogen-bond donors (Lipinski definition) is 3. The number of primary amides is 1. The maximum absolute atomic E-state index is 12.5. The number of aryl methyl sites for hydroxylation is 1. The zero-order valence-electron chi connectivity index (χ0n) is 16.3. The molecule has 0 spiro atoms. The quantitative estimate of drug-likeness (QED) is 0.378. The third-order valence-corrected chi connectivity index (χ3v) is 5.89. The number of rotatable bonds is 8. The number of methoxy groups -OCH3 is 1. The lowest BCUT2D eigenvalue weighted by molar-refractivity contribution is 0.0975. The van der Waals surface area contributed by atoms with Gasteiger partial charge in [0, 0.05) is 17.6 Å². The number of nitrogens with two attached hydrogens (primary N) is 1. The molecule has 1 aromatic heterocycles. The Morgan fingerprint density at radius 3 is 2.62 bits per heavy atom. The van der Waals surface area contributed by atoms with E-state index in [9.17, 15) is 9.59 Å². The summed E-state index contributed by atoms with van der Waals surface area (Å²) >= 11 is 10.00. The van der Waals surface area contributed by atoms with Gasteiger partial charge < -0.3 is 20.5 Å². The molecule has 0 radical (unpaired) electrons. The molecule has 1 heterocycles. The molecule has 10 heteroatoms. The maximum atomic E-state index is 12.5. The number of carbonyl (C=O) groups is 2. The molecule has 2 rings (SSSR count). The van der Waals surface area contributed by atoms with Crippen molar-refractivity contribution < 1.29 is 19.1 Å². The SMILES string of the molecule is CCc1c(C)sc(NC(=S)NC(=O)c2ccc(OCCOC)c(Br)c2)c1C(N)=O. The monoisotopic (exact) mass is 499 g/mol. The molecule has 0 saturated heterocycles. The van der Waals surface area contributed by atoms with Crippen molar-refractivity contribution in [1.29, 1.82) is 0 Å². The summed E-state index contributed by atoms with van der Waals surface area (Å²) in [5.41, 5.74) is 7.20. The second kappa shape index (κ2) is 10.7. The van der Waals surface area contributed by atoms with Crippen molar-refractivity contribution in [2.24, 2.45) is 5.73 Å². The number of carbonyl (C=O) groups excluding carboxylic acids is 2. The first-order chi connectivity index (χ1) is 13.8. The molecule has 29 heavy (non-hydrogen) atoms. The zero-order valence-corrected chi connectivity index (χ0v) is 19.5. The Balaban J connectivity index is 2.07. The molecule has 4 N–H and O–H groups in total. The molecular formula is C19H22BrN3O4S2. The van der Waals surface area contributed by atoms with Crippen LogP contribution in [0.2, 0.25) is 0 Å². The second-order valence-electron chi connectivity index (χ2n) is 5.95. The Kier molecular flexibility index (Phi) is 8.57. The highest BCUT2D eigenvalue weighted by Gasteiger charge is 2.20.